The summed E-state index contributed by atoms with van der Waals surface area (Å²) in [5.41, 5.74) is 1.54. The van der Waals surface area contributed by atoms with Gasteiger partial charge in [-0.2, -0.15) is 0 Å². The second-order valence-electron chi connectivity index (χ2n) is 6.99. The van der Waals surface area contributed by atoms with Crippen molar-refractivity contribution in [1.29, 1.82) is 0 Å². The Morgan fingerprint density at radius 2 is 1.57 bits per heavy atom. The van der Waals surface area contributed by atoms with Crippen LogP contribution in [0.2, 0.25) is 0 Å². The molecular weight excluding hydrogens is 410 g/mol. The number of carbonyl (C=O) groups is 2. The number of ether oxygens (including phenoxy) is 2. The first-order valence-electron chi connectivity index (χ1n) is 10.4. The number of amides is 1. The molecule has 1 aromatic carbocycles. The lowest BCUT2D eigenvalue weighted by molar-refractivity contribution is -0.129. The molecule has 9 heteroatoms. The van der Waals surface area contributed by atoms with Crippen molar-refractivity contribution in [1.82, 2.24) is 5.48 Å². The Kier molecular flexibility index (Phi) is 13.0. The van der Waals surface area contributed by atoms with Crippen LogP contribution in [0.3, 0.4) is 0 Å². The first kappa shape index (κ1) is 26.1. The number of Topliss-reactive ketones (excluding diaryl/α,β-unsaturated/α-hetero) is 1. The molecule has 8 nitrogen and oxygen atoms in total. The van der Waals surface area contributed by atoms with Crippen molar-refractivity contribution in [3.8, 4) is 5.75 Å². The molecule has 0 aliphatic carbocycles. The summed E-state index contributed by atoms with van der Waals surface area (Å²) in [6.07, 6.45) is 4.65. The Bertz CT molecular complexity index is 732. The maximum atomic E-state index is 12.4. The predicted octanol–water partition coefficient (Wildman–Crippen LogP) is 3.07. The fourth-order valence-corrected chi connectivity index (χ4v) is 3.95. The Hall–Kier alpha value is -1.97. The quantitative estimate of drug-likeness (QED) is 0.216. The largest absolute Gasteiger partial charge is 0.494 e. The van der Waals surface area contributed by atoms with E-state index in [2.05, 4.69) is 6.92 Å². The standard InChI is InChI=1S/C21H33NO7S/c1-2-3-7-18(23)8-4-16-29-19-10-12-20(13-11-19)30(26,27)17-6-15-28-14-5-9-21(24)22-25/h10-13,25H,2-9,14-17H2,1H3,(H,22,24). The fourth-order valence-electron chi connectivity index (χ4n) is 2.66. The minimum atomic E-state index is -3.41. The molecule has 1 rings (SSSR count). The van der Waals surface area contributed by atoms with Gasteiger partial charge in [0, 0.05) is 32.5 Å². The number of carbonyl (C=O) groups excluding carboxylic acids is 2. The molecule has 0 radical (unpaired) electrons. The smallest absolute Gasteiger partial charge is 0.243 e. The summed E-state index contributed by atoms with van der Waals surface area (Å²) in [5.74, 6) is 0.310. The maximum Gasteiger partial charge on any atom is 0.243 e. The molecule has 30 heavy (non-hydrogen) atoms. The van der Waals surface area contributed by atoms with E-state index in [0.717, 1.165) is 12.8 Å². The van der Waals surface area contributed by atoms with E-state index >= 15 is 0 Å². The third kappa shape index (κ3) is 11.3. The molecule has 0 fully saturated rings. The molecule has 2 N–H and O–H groups in total. The molecule has 0 saturated carbocycles. The highest BCUT2D eigenvalue weighted by molar-refractivity contribution is 7.91. The Balaban J connectivity index is 2.26. The van der Waals surface area contributed by atoms with Gasteiger partial charge in [-0.25, -0.2) is 13.9 Å². The predicted molar refractivity (Wildman–Crippen MR) is 112 cm³/mol. The summed E-state index contributed by atoms with van der Waals surface area (Å²) in [6, 6.07) is 6.28. The second-order valence-corrected chi connectivity index (χ2v) is 9.10. The van der Waals surface area contributed by atoms with Crippen molar-refractivity contribution in [2.45, 2.75) is 63.2 Å². The van der Waals surface area contributed by atoms with Crippen LogP contribution in [0.4, 0.5) is 0 Å². The molecule has 0 spiro atoms. The van der Waals surface area contributed by atoms with Crippen molar-refractivity contribution >= 4 is 21.5 Å². The summed E-state index contributed by atoms with van der Waals surface area (Å²) >= 11 is 0. The number of hydroxylamine groups is 1. The van der Waals surface area contributed by atoms with E-state index in [1.54, 1.807) is 12.1 Å². The highest BCUT2D eigenvalue weighted by Crippen LogP contribution is 2.18. The first-order valence-corrected chi connectivity index (χ1v) is 12.0. The first-order chi connectivity index (χ1) is 14.4. The lowest BCUT2D eigenvalue weighted by Crippen LogP contribution is -2.18. The molecule has 0 unspecified atom stereocenters. The normalized spacial score (nSPS) is 11.3. The minimum absolute atomic E-state index is 0.0375. The van der Waals surface area contributed by atoms with Gasteiger partial charge in [0.05, 0.1) is 17.3 Å². The van der Waals surface area contributed by atoms with Gasteiger partial charge in [0.1, 0.15) is 11.5 Å². The van der Waals surface area contributed by atoms with Gasteiger partial charge in [-0.15, -0.1) is 0 Å². The zero-order chi connectivity index (χ0) is 22.2. The third-order valence-corrected chi connectivity index (χ3v) is 6.20. The van der Waals surface area contributed by atoms with Crippen LogP contribution < -0.4 is 10.2 Å². The van der Waals surface area contributed by atoms with Gasteiger partial charge >= 0.3 is 0 Å². The van der Waals surface area contributed by atoms with Crippen molar-refractivity contribution in [2.75, 3.05) is 25.6 Å². The van der Waals surface area contributed by atoms with Crippen LogP contribution in [0.1, 0.15) is 58.3 Å². The van der Waals surface area contributed by atoms with E-state index in [1.165, 1.54) is 17.6 Å². The van der Waals surface area contributed by atoms with Crippen LogP contribution in [0.25, 0.3) is 0 Å². The van der Waals surface area contributed by atoms with Crippen LogP contribution in [0, 0.1) is 0 Å². The summed E-state index contributed by atoms with van der Waals surface area (Å²) in [5, 5.41) is 8.36. The Morgan fingerprint density at radius 3 is 2.23 bits per heavy atom. The highest BCUT2D eigenvalue weighted by Gasteiger charge is 2.14. The molecular formula is C21H33NO7S. The van der Waals surface area contributed by atoms with Gasteiger partial charge < -0.3 is 9.47 Å². The number of rotatable bonds is 17. The van der Waals surface area contributed by atoms with Gasteiger partial charge in [-0.1, -0.05) is 13.3 Å². The monoisotopic (exact) mass is 443 g/mol. The molecule has 0 aliphatic heterocycles. The Labute approximate surface area is 178 Å². The van der Waals surface area contributed by atoms with Crippen molar-refractivity contribution in [3.05, 3.63) is 24.3 Å². The van der Waals surface area contributed by atoms with E-state index in [1.807, 2.05) is 0 Å². The van der Waals surface area contributed by atoms with Crippen LogP contribution in [0.15, 0.2) is 29.2 Å². The lowest BCUT2D eigenvalue weighted by Gasteiger charge is -2.08. The van der Waals surface area contributed by atoms with Crippen LogP contribution in [0.5, 0.6) is 5.75 Å². The zero-order valence-corrected chi connectivity index (χ0v) is 18.4. The number of benzene rings is 1. The average molecular weight is 444 g/mol. The number of sulfone groups is 1. The summed E-state index contributed by atoms with van der Waals surface area (Å²) in [6.45, 7) is 3.07. The zero-order valence-electron chi connectivity index (χ0n) is 17.6. The van der Waals surface area contributed by atoms with E-state index in [0.29, 0.717) is 51.1 Å². The summed E-state index contributed by atoms with van der Waals surface area (Å²) in [7, 11) is -3.41. The van der Waals surface area contributed by atoms with Gasteiger partial charge in [0.25, 0.3) is 0 Å². The number of nitrogens with one attached hydrogen (secondary N) is 1. The topological polar surface area (TPSA) is 119 Å². The molecule has 0 aromatic heterocycles. The Morgan fingerprint density at radius 1 is 0.933 bits per heavy atom. The van der Waals surface area contributed by atoms with Gasteiger partial charge in [0.15, 0.2) is 9.84 Å². The molecule has 0 bridgehead atoms. The molecule has 0 saturated heterocycles. The van der Waals surface area contributed by atoms with Crippen LogP contribution in [-0.2, 0) is 24.2 Å². The highest BCUT2D eigenvalue weighted by atomic mass is 32.2. The molecule has 1 aromatic rings. The number of ketones is 1. The number of hydrogen-bond donors (Lipinski definition) is 2. The van der Waals surface area contributed by atoms with Crippen LogP contribution in [-0.4, -0.2) is 50.9 Å². The van der Waals surface area contributed by atoms with Crippen molar-refractivity contribution in [2.24, 2.45) is 0 Å². The lowest BCUT2D eigenvalue weighted by atomic mass is 10.1. The number of unbranched alkanes of at least 4 members (excludes halogenated alkanes) is 1. The maximum absolute atomic E-state index is 12.4. The fraction of sp³-hybridized carbons (Fsp3) is 0.619. The molecule has 170 valence electrons. The SMILES string of the molecule is CCCCC(=O)CCCOc1ccc(S(=O)(=O)CCCOCCCC(=O)NO)cc1. The van der Waals surface area contributed by atoms with E-state index in [4.69, 9.17) is 14.7 Å². The van der Waals surface area contributed by atoms with E-state index < -0.39 is 15.7 Å². The molecule has 0 atom stereocenters. The second kappa shape index (κ2) is 14.9. The van der Waals surface area contributed by atoms with E-state index in [-0.39, 0.29) is 29.5 Å². The van der Waals surface area contributed by atoms with Gasteiger partial charge in [-0.3, -0.25) is 14.8 Å². The number of hydrogen-bond acceptors (Lipinski definition) is 7. The average Bonchev–Trinajstić information content (AvgIpc) is 2.74. The van der Waals surface area contributed by atoms with Gasteiger partial charge in [0.2, 0.25) is 5.91 Å². The molecule has 0 heterocycles. The minimum Gasteiger partial charge on any atom is -0.494 e. The molecule has 0 aliphatic rings. The third-order valence-electron chi connectivity index (χ3n) is 4.38. The molecule has 1 amide bonds. The van der Waals surface area contributed by atoms with Crippen LogP contribution >= 0.6 is 0 Å². The van der Waals surface area contributed by atoms with Gasteiger partial charge in [-0.05, 0) is 49.9 Å². The summed E-state index contributed by atoms with van der Waals surface area (Å²) < 4.78 is 35.6. The van der Waals surface area contributed by atoms with Crippen molar-refractivity contribution < 1.29 is 32.7 Å². The van der Waals surface area contributed by atoms with Crippen molar-refractivity contribution in [3.63, 3.8) is 0 Å². The van der Waals surface area contributed by atoms with E-state index in [9.17, 15) is 18.0 Å². The summed E-state index contributed by atoms with van der Waals surface area (Å²) in [4.78, 5) is 22.7.